The van der Waals surface area contributed by atoms with Crippen molar-refractivity contribution in [2.45, 2.75) is 69.5 Å². The number of piperidine rings is 2. The van der Waals surface area contributed by atoms with E-state index >= 15 is 0 Å². The Labute approximate surface area is 181 Å². The average Bonchev–Trinajstić information content (AvgIpc) is 3.23. The minimum absolute atomic E-state index is 0.119. The third-order valence-electron chi connectivity index (χ3n) is 7.42. The van der Waals surface area contributed by atoms with E-state index in [-0.39, 0.29) is 17.4 Å². The molecule has 1 aliphatic carbocycles. The number of carbonyl (C=O) groups excluding carboxylic acids is 1. The van der Waals surface area contributed by atoms with Crippen LogP contribution in [0.3, 0.4) is 0 Å². The molecule has 3 fully saturated rings. The van der Waals surface area contributed by atoms with E-state index in [1.165, 1.54) is 31.2 Å². The molecule has 1 atom stereocenters. The summed E-state index contributed by atoms with van der Waals surface area (Å²) in [6.07, 6.45) is 12.8. The lowest BCUT2D eigenvalue weighted by atomic mass is 9.91. The van der Waals surface area contributed by atoms with E-state index in [0.717, 1.165) is 58.4 Å². The second-order valence-corrected chi connectivity index (χ2v) is 9.61. The summed E-state index contributed by atoms with van der Waals surface area (Å²) in [7, 11) is 1.75. The second kappa shape index (κ2) is 10.2. The number of methoxy groups -OCH3 is 1. The lowest BCUT2D eigenvalue weighted by molar-refractivity contribution is -0.130. The fourth-order valence-corrected chi connectivity index (χ4v) is 5.74. The molecular weight excluding hydrogens is 376 g/mol. The first-order valence-electron chi connectivity index (χ1n) is 11.8. The lowest BCUT2D eigenvalue weighted by Gasteiger charge is -2.42. The average molecular weight is 415 g/mol. The van der Waals surface area contributed by atoms with E-state index in [0.29, 0.717) is 12.6 Å². The number of hydrogen-bond acceptors (Lipinski definition) is 5. The molecule has 0 aromatic carbocycles. The molecule has 6 nitrogen and oxygen atoms in total. The van der Waals surface area contributed by atoms with Gasteiger partial charge in [-0.15, -0.1) is 0 Å². The van der Waals surface area contributed by atoms with Gasteiger partial charge in [0.15, 0.2) is 0 Å². The summed E-state index contributed by atoms with van der Waals surface area (Å²) in [5.74, 6) is 0.386. The van der Waals surface area contributed by atoms with Crippen LogP contribution in [0.15, 0.2) is 24.5 Å². The summed E-state index contributed by atoms with van der Waals surface area (Å²) in [4.78, 5) is 22.4. The van der Waals surface area contributed by atoms with Gasteiger partial charge in [0.25, 0.3) is 0 Å². The van der Waals surface area contributed by atoms with Crippen molar-refractivity contribution >= 4 is 5.91 Å². The van der Waals surface area contributed by atoms with Crippen LogP contribution >= 0.6 is 0 Å². The fourth-order valence-electron chi connectivity index (χ4n) is 5.74. The summed E-state index contributed by atoms with van der Waals surface area (Å²) < 4.78 is 5.45. The number of amides is 1. The van der Waals surface area contributed by atoms with Crippen molar-refractivity contribution in [1.29, 1.82) is 0 Å². The second-order valence-electron chi connectivity index (χ2n) is 9.61. The van der Waals surface area contributed by atoms with Crippen LogP contribution in [0, 0.1) is 5.92 Å². The van der Waals surface area contributed by atoms with Gasteiger partial charge in [-0.25, -0.2) is 0 Å². The Morgan fingerprint density at radius 1 is 1.13 bits per heavy atom. The standard InChI is InChI=1S/C24H38N4O2/c1-30-19-24(10-2-3-11-24)26-23(29)21-5-4-14-28(18-21)22-8-15-27(16-9-22)17-20-6-12-25-13-7-20/h6-7,12-13,21-22H,2-5,8-11,14-19H2,1H3,(H,26,29)/t21-/m1/s1. The summed E-state index contributed by atoms with van der Waals surface area (Å²) in [5, 5.41) is 3.42. The molecule has 1 aromatic heterocycles. The molecule has 1 saturated carbocycles. The first-order chi connectivity index (χ1) is 14.7. The Kier molecular flexibility index (Phi) is 7.39. The van der Waals surface area contributed by atoms with Crippen molar-refractivity contribution in [3.8, 4) is 0 Å². The number of nitrogens with zero attached hydrogens (tertiary/aromatic N) is 3. The normalized spacial score (nSPS) is 26.0. The highest BCUT2D eigenvalue weighted by Crippen LogP contribution is 2.31. The Balaban J connectivity index is 1.26. The zero-order valence-electron chi connectivity index (χ0n) is 18.5. The van der Waals surface area contributed by atoms with Crippen LogP contribution in [0.25, 0.3) is 0 Å². The highest BCUT2D eigenvalue weighted by Gasteiger charge is 2.38. The van der Waals surface area contributed by atoms with Gasteiger partial charge in [0.05, 0.1) is 18.1 Å². The highest BCUT2D eigenvalue weighted by atomic mass is 16.5. The molecule has 1 N–H and O–H groups in total. The van der Waals surface area contributed by atoms with Gasteiger partial charge in [0, 0.05) is 38.6 Å². The molecule has 4 rings (SSSR count). The zero-order valence-corrected chi connectivity index (χ0v) is 18.5. The SMILES string of the molecule is COCC1(NC(=O)[C@@H]2CCCN(C3CCN(Cc4ccncc4)CC3)C2)CCCC1. The van der Waals surface area contributed by atoms with Gasteiger partial charge < -0.3 is 10.1 Å². The monoisotopic (exact) mass is 414 g/mol. The Hall–Kier alpha value is -1.50. The lowest BCUT2D eigenvalue weighted by Crippen LogP contribution is -2.55. The first-order valence-corrected chi connectivity index (χ1v) is 11.8. The van der Waals surface area contributed by atoms with Gasteiger partial charge in [-0.3, -0.25) is 19.6 Å². The van der Waals surface area contributed by atoms with Crippen molar-refractivity contribution in [3.63, 3.8) is 0 Å². The third-order valence-corrected chi connectivity index (χ3v) is 7.42. The van der Waals surface area contributed by atoms with Crippen LogP contribution in [0.1, 0.15) is 56.9 Å². The van der Waals surface area contributed by atoms with E-state index in [9.17, 15) is 4.79 Å². The predicted octanol–water partition coefficient (Wildman–Crippen LogP) is 2.83. The zero-order chi connectivity index (χ0) is 20.8. The Morgan fingerprint density at radius 2 is 1.87 bits per heavy atom. The molecule has 3 aliphatic rings. The maximum Gasteiger partial charge on any atom is 0.224 e. The highest BCUT2D eigenvalue weighted by molar-refractivity contribution is 5.79. The van der Waals surface area contributed by atoms with E-state index in [2.05, 4.69) is 32.2 Å². The van der Waals surface area contributed by atoms with E-state index in [1.54, 1.807) is 7.11 Å². The van der Waals surface area contributed by atoms with Crippen LogP contribution < -0.4 is 5.32 Å². The van der Waals surface area contributed by atoms with Crippen molar-refractivity contribution in [2.75, 3.05) is 39.9 Å². The number of rotatable bonds is 7. The summed E-state index contributed by atoms with van der Waals surface area (Å²) >= 11 is 0. The molecule has 2 saturated heterocycles. The largest absolute Gasteiger partial charge is 0.382 e. The Bertz CT molecular complexity index is 669. The van der Waals surface area contributed by atoms with Crippen LogP contribution in [0.2, 0.25) is 0 Å². The van der Waals surface area contributed by atoms with E-state index < -0.39 is 0 Å². The number of carbonyl (C=O) groups is 1. The molecule has 0 spiro atoms. The molecule has 0 radical (unpaired) electrons. The topological polar surface area (TPSA) is 57.7 Å². The molecule has 166 valence electrons. The minimum atomic E-state index is -0.119. The maximum absolute atomic E-state index is 13.1. The molecule has 30 heavy (non-hydrogen) atoms. The number of nitrogens with one attached hydrogen (secondary N) is 1. The van der Waals surface area contributed by atoms with E-state index in [4.69, 9.17) is 4.74 Å². The molecule has 2 aliphatic heterocycles. The summed E-state index contributed by atoms with van der Waals surface area (Å²) in [5.41, 5.74) is 1.22. The van der Waals surface area contributed by atoms with E-state index in [1.807, 2.05) is 12.4 Å². The number of ether oxygens (including phenoxy) is 1. The van der Waals surface area contributed by atoms with Crippen LogP contribution in [-0.4, -0.2) is 72.2 Å². The number of pyridine rings is 1. The minimum Gasteiger partial charge on any atom is -0.382 e. The Morgan fingerprint density at radius 3 is 2.57 bits per heavy atom. The van der Waals surface area contributed by atoms with Crippen LogP contribution in [0.4, 0.5) is 0 Å². The van der Waals surface area contributed by atoms with Gasteiger partial charge >= 0.3 is 0 Å². The number of hydrogen-bond donors (Lipinski definition) is 1. The molecular formula is C24H38N4O2. The molecule has 1 aromatic rings. The van der Waals surface area contributed by atoms with Crippen molar-refractivity contribution in [3.05, 3.63) is 30.1 Å². The molecule has 1 amide bonds. The smallest absolute Gasteiger partial charge is 0.224 e. The van der Waals surface area contributed by atoms with Gasteiger partial charge in [-0.1, -0.05) is 12.8 Å². The maximum atomic E-state index is 13.1. The van der Waals surface area contributed by atoms with Crippen molar-refractivity contribution in [2.24, 2.45) is 5.92 Å². The molecule has 0 bridgehead atoms. The van der Waals surface area contributed by atoms with Gasteiger partial charge in [-0.05, 0) is 75.9 Å². The molecule has 6 heteroatoms. The number of aromatic nitrogens is 1. The summed E-state index contributed by atoms with van der Waals surface area (Å²) in [6, 6.07) is 4.84. The van der Waals surface area contributed by atoms with Gasteiger partial charge in [0.2, 0.25) is 5.91 Å². The van der Waals surface area contributed by atoms with Crippen LogP contribution in [-0.2, 0) is 16.1 Å². The third kappa shape index (κ3) is 5.40. The van der Waals surface area contributed by atoms with Crippen LogP contribution in [0.5, 0.6) is 0 Å². The quantitative estimate of drug-likeness (QED) is 0.744. The van der Waals surface area contributed by atoms with Gasteiger partial charge in [-0.2, -0.15) is 0 Å². The fraction of sp³-hybridized carbons (Fsp3) is 0.750. The summed E-state index contributed by atoms with van der Waals surface area (Å²) in [6.45, 7) is 5.99. The predicted molar refractivity (Wildman–Crippen MR) is 118 cm³/mol. The first kappa shape index (κ1) is 21.7. The molecule has 3 heterocycles. The van der Waals surface area contributed by atoms with Crippen molar-refractivity contribution in [1.82, 2.24) is 20.1 Å². The number of likely N-dealkylation sites (tertiary alicyclic amines) is 2. The van der Waals surface area contributed by atoms with Crippen molar-refractivity contribution < 1.29 is 9.53 Å². The van der Waals surface area contributed by atoms with Gasteiger partial charge in [0.1, 0.15) is 0 Å². The molecule has 0 unspecified atom stereocenters.